The molecule has 1 fully saturated rings. The summed E-state index contributed by atoms with van der Waals surface area (Å²) in [7, 11) is 0. The Kier molecular flexibility index (Phi) is 7.17. The molecule has 0 saturated carbocycles. The minimum Gasteiger partial charge on any atom is -0.490 e. The smallest absolute Gasteiger partial charge is 0.262 e. The van der Waals surface area contributed by atoms with Crippen LogP contribution in [0.2, 0.25) is 0 Å². The summed E-state index contributed by atoms with van der Waals surface area (Å²) in [4.78, 5) is 14.6. The number of carbonyl (C=O) groups excluding carboxylic acids is 1. The summed E-state index contributed by atoms with van der Waals surface area (Å²) in [6, 6.07) is 18.9. The maximum atomic E-state index is 12.3. The van der Waals surface area contributed by atoms with Crippen LogP contribution in [0.25, 0.3) is 11.3 Å². The Bertz CT molecular complexity index is 1020. The summed E-state index contributed by atoms with van der Waals surface area (Å²) in [6.45, 7) is 4.42. The zero-order valence-electron chi connectivity index (χ0n) is 18.3. The third-order valence-corrected chi connectivity index (χ3v) is 5.30. The van der Waals surface area contributed by atoms with Crippen molar-refractivity contribution in [1.29, 1.82) is 0 Å². The summed E-state index contributed by atoms with van der Waals surface area (Å²) in [6.07, 6.45) is 3.71. The van der Waals surface area contributed by atoms with Gasteiger partial charge in [0.05, 0.1) is 12.3 Å². The number of piperidine rings is 1. The van der Waals surface area contributed by atoms with Crippen molar-refractivity contribution in [3.05, 3.63) is 60.7 Å². The van der Waals surface area contributed by atoms with E-state index in [1.807, 2.05) is 61.5 Å². The fourth-order valence-corrected chi connectivity index (χ4v) is 3.68. The molecule has 1 saturated heterocycles. The largest absolute Gasteiger partial charge is 0.490 e. The molecule has 7 heteroatoms. The number of para-hydroxylation sites is 2. The zero-order chi connectivity index (χ0) is 22.2. The van der Waals surface area contributed by atoms with Gasteiger partial charge in [0, 0.05) is 24.3 Å². The molecule has 0 aliphatic carbocycles. The zero-order valence-corrected chi connectivity index (χ0v) is 18.3. The van der Waals surface area contributed by atoms with Gasteiger partial charge in [-0.1, -0.05) is 24.3 Å². The lowest BCUT2D eigenvalue weighted by Gasteiger charge is -2.27. The maximum Gasteiger partial charge on any atom is 0.262 e. The van der Waals surface area contributed by atoms with Gasteiger partial charge in [0.25, 0.3) is 5.91 Å². The van der Waals surface area contributed by atoms with E-state index in [0.29, 0.717) is 23.8 Å². The van der Waals surface area contributed by atoms with E-state index in [4.69, 9.17) is 9.47 Å². The number of rotatable bonds is 8. The predicted octanol–water partition coefficient (Wildman–Crippen LogP) is 4.55. The van der Waals surface area contributed by atoms with Gasteiger partial charge < -0.3 is 19.7 Å². The molecule has 2 aromatic carbocycles. The first-order chi connectivity index (χ1) is 15.7. The van der Waals surface area contributed by atoms with Gasteiger partial charge in [0.1, 0.15) is 0 Å². The molecule has 0 unspecified atom stereocenters. The lowest BCUT2D eigenvalue weighted by Crippen LogP contribution is -2.30. The third-order valence-electron chi connectivity index (χ3n) is 5.30. The molecule has 0 bridgehead atoms. The van der Waals surface area contributed by atoms with Gasteiger partial charge in [-0.15, -0.1) is 10.2 Å². The van der Waals surface area contributed by atoms with Crippen LogP contribution < -0.4 is 19.7 Å². The normalized spacial score (nSPS) is 13.5. The Morgan fingerprint density at radius 3 is 2.28 bits per heavy atom. The molecule has 4 rings (SSSR count). The molecule has 1 aliphatic heterocycles. The van der Waals surface area contributed by atoms with Crippen LogP contribution in [-0.2, 0) is 4.79 Å². The quantitative estimate of drug-likeness (QED) is 0.563. The van der Waals surface area contributed by atoms with Crippen molar-refractivity contribution in [2.24, 2.45) is 0 Å². The lowest BCUT2D eigenvalue weighted by molar-refractivity contribution is -0.118. The van der Waals surface area contributed by atoms with Crippen molar-refractivity contribution in [3.8, 4) is 22.8 Å². The Hall–Kier alpha value is -3.61. The van der Waals surface area contributed by atoms with Crippen LogP contribution in [0.1, 0.15) is 26.2 Å². The van der Waals surface area contributed by atoms with Gasteiger partial charge in [0.15, 0.2) is 23.9 Å². The summed E-state index contributed by atoms with van der Waals surface area (Å²) in [5, 5.41) is 11.6. The van der Waals surface area contributed by atoms with E-state index in [0.717, 1.165) is 30.2 Å². The number of ether oxygens (including phenoxy) is 2. The molecule has 2 heterocycles. The molecule has 0 radical (unpaired) electrons. The van der Waals surface area contributed by atoms with E-state index in [-0.39, 0.29) is 12.5 Å². The van der Waals surface area contributed by atoms with Crippen LogP contribution in [0.3, 0.4) is 0 Å². The van der Waals surface area contributed by atoms with Crippen molar-refractivity contribution in [3.63, 3.8) is 0 Å². The van der Waals surface area contributed by atoms with Crippen LogP contribution in [0, 0.1) is 0 Å². The van der Waals surface area contributed by atoms with Crippen LogP contribution in [0.15, 0.2) is 60.7 Å². The van der Waals surface area contributed by atoms with E-state index in [1.165, 1.54) is 19.3 Å². The fourth-order valence-electron chi connectivity index (χ4n) is 3.68. The highest BCUT2D eigenvalue weighted by molar-refractivity contribution is 5.92. The first-order valence-electron chi connectivity index (χ1n) is 11.1. The van der Waals surface area contributed by atoms with Crippen LogP contribution in [-0.4, -0.2) is 42.4 Å². The average molecular weight is 433 g/mol. The van der Waals surface area contributed by atoms with E-state index in [2.05, 4.69) is 20.4 Å². The molecule has 3 aromatic rings. The molecule has 166 valence electrons. The fraction of sp³-hybridized carbons (Fsp3) is 0.320. The molecule has 1 amide bonds. The highest BCUT2D eigenvalue weighted by atomic mass is 16.5. The average Bonchev–Trinajstić information content (AvgIpc) is 2.85. The van der Waals surface area contributed by atoms with E-state index in [1.54, 1.807) is 6.07 Å². The van der Waals surface area contributed by atoms with Crippen molar-refractivity contribution in [2.75, 3.05) is 36.5 Å². The van der Waals surface area contributed by atoms with Crippen molar-refractivity contribution in [1.82, 2.24) is 10.2 Å². The Labute approximate surface area is 188 Å². The number of amides is 1. The molecule has 1 aliphatic rings. The van der Waals surface area contributed by atoms with Crippen LogP contribution in [0.5, 0.6) is 11.5 Å². The number of nitrogens with zero attached hydrogens (tertiary/aromatic N) is 3. The minimum absolute atomic E-state index is 0.102. The molecule has 0 spiro atoms. The molecule has 32 heavy (non-hydrogen) atoms. The first kappa shape index (κ1) is 21.6. The third kappa shape index (κ3) is 5.55. The topological polar surface area (TPSA) is 76.6 Å². The molecular formula is C25H28N4O3. The number of nitrogens with one attached hydrogen (secondary N) is 1. The minimum atomic E-state index is -0.241. The van der Waals surface area contributed by atoms with E-state index < -0.39 is 0 Å². The SMILES string of the molecule is CCOc1ccccc1OCC(=O)Nc1ccc(-c2ccc(N3CCCCC3)nn2)cc1. The second kappa shape index (κ2) is 10.6. The number of hydrogen-bond donors (Lipinski definition) is 1. The van der Waals surface area contributed by atoms with Crippen molar-refractivity contribution in [2.45, 2.75) is 26.2 Å². The molecule has 0 atom stereocenters. The van der Waals surface area contributed by atoms with Crippen molar-refractivity contribution < 1.29 is 14.3 Å². The molecule has 7 nitrogen and oxygen atoms in total. The lowest BCUT2D eigenvalue weighted by atomic mass is 10.1. The Morgan fingerprint density at radius 1 is 0.906 bits per heavy atom. The first-order valence-corrected chi connectivity index (χ1v) is 11.1. The van der Waals surface area contributed by atoms with Gasteiger partial charge in [-0.05, 0) is 62.6 Å². The predicted molar refractivity (Wildman–Crippen MR) is 125 cm³/mol. The number of hydrogen-bond acceptors (Lipinski definition) is 6. The second-order valence-electron chi connectivity index (χ2n) is 7.62. The van der Waals surface area contributed by atoms with E-state index in [9.17, 15) is 4.79 Å². The van der Waals surface area contributed by atoms with Gasteiger partial charge in [-0.2, -0.15) is 0 Å². The molecular weight excluding hydrogens is 404 g/mol. The highest BCUT2D eigenvalue weighted by Crippen LogP contribution is 2.26. The van der Waals surface area contributed by atoms with Crippen LogP contribution in [0.4, 0.5) is 11.5 Å². The standard InChI is InChI=1S/C25H28N4O3/c1-2-31-22-8-4-5-9-23(22)32-18-25(30)26-20-12-10-19(11-13-20)21-14-15-24(28-27-21)29-16-6-3-7-17-29/h4-5,8-15H,2-3,6-7,16-18H2,1H3,(H,26,30). The summed E-state index contributed by atoms with van der Waals surface area (Å²) < 4.78 is 11.1. The second-order valence-corrected chi connectivity index (χ2v) is 7.62. The summed E-state index contributed by atoms with van der Waals surface area (Å²) in [5.41, 5.74) is 2.44. The molecule has 1 aromatic heterocycles. The number of benzene rings is 2. The van der Waals surface area contributed by atoms with Crippen LogP contribution >= 0.6 is 0 Å². The number of anilines is 2. The number of carbonyl (C=O) groups is 1. The monoisotopic (exact) mass is 432 g/mol. The Morgan fingerprint density at radius 2 is 1.62 bits per heavy atom. The van der Waals surface area contributed by atoms with Gasteiger partial charge in [-0.3, -0.25) is 4.79 Å². The molecule has 1 N–H and O–H groups in total. The van der Waals surface area contributed by atoms with Crippen molar-refractivity contribution >= 4 is 17.4 Å². The van der Waals surface area contributed by atoms with Gasteiger partial charge in [-0.25, -0.2) is 0 Å². The summed E-state index contributed by atoms with van der Waals surface area (Å²) >= 11 is 0. The summed E-state index contributed by atoms with van der Waals surface area (Å²) in [5.74, 6) is 1.86. The van der Waals surface area contributed by atoms with E-state index >= 15 is 0 Å². The van der Waals surface area contributed by atoms with Gasteiger partial charge in [0.2, 0.25) is 0 Å². The van der Waals surface area contributed by atoms with Gasteiger partial charge >= 0.3 is 0 Å². The maximum absolute atomic E-state index is 12.3. The Balaban J connectivity index is 1.32. The highest BCUT2D eigenvalue weighted by Gasteiger charge is 2.13. The number of aromatic nitrogens is 2.